The number of nitrogens with zero attached hydrogens (tertiary/aromatic N) is 1. The predicted octanol–water partition coefficient (Wildman–Crippen LogP) is 4.28. The zero-order valence-electron chi connectivity index (χ0n) is 13.9. The van der Waals surface area contributed by atoms with E-state index in [0.29, 0.717) is 10.8 Å². The first kappa shape index (κ1) is 16.7. The van der Waals surface area contributed by atoms with Crippen LogP contribution in [0.25, 0.3) is 0 Å². The van der Waals surface area contributed by atoms with Gasteiger partial charge in [0.15, 0.2) is 0 Å². The number of hydrogen-bond donors (Lipinski definition) is 0. The molecule has 0 N–H and O–H groups in total. The Balaban J connectivity index is 1.99. The van der Waals surface area contributed by atoms with Gasteiger partial charge in [0, 0.05) is 12.1 Å². The maximum Gasteiger partial charge on any atom is 0.243 e. The molecule has 1 saturated heterocycles. The van der Waals surface area contributed by atoms with Crippen molar-refractivity contribution in [2.75, 3.05) is 0 Å². The Morgan fingerprint density at radius 1 is 1.13 bits per heavy atom. The molecule has 0 unspecified atom stereocenters. The Hall–Kier alpha value is -1.13. The summed E-state index contributed by atoms with van der Waals surface area (Å²) < 4.78 is 28.5. The molecule has 3 atom stereocenters. The Morgan fingerprint density at radius 3 is 2.52 bits per heavy atom. The smallest absolute Gasteiger partial charge is 0.207 e. The molecule has 0 bridgehead atoms. The van der Waals surface area contributed by atoms with Crippen molar-refractivity contribution in [3.05, 3.63) is 42.5 Å². The quantitative estimate of drug-likeness (QED) is 0.771. The Labute approximate surface area is 140 Å². The van der Waals surface area contributed by atoms with Gasteiger partial charge in [0.2, 0.25) is 10.0 Å². The first-order valence-electron chi connectivity index (χ1n) is 8.75. The second-order valence-electron chi connectivity index (χ2n) is 7.02. The van der Waals surface area contributed by atoms with E-state index in [1.165, 1.54) is 12.8 Å². The van der Waals surface area contributed by atoms with Gasteiger partial charge in [-0.2, -0.15) is 4.31 Å². The third-order valence-electron chi connectivity index (χ3n) is 5.46. The zero-order chi connectivity index (χ0) is 16.4. The minimum Gasteiger partial charge on any atom is -0.207 e. The van der Waals surface area contributed by atoms with Crippen molar-refractivity contribution >= 4 is 10.0 Å². The van der Waals surface area contributed by atoms with Crippen LogP contribution < -0.4 is 0 Å². The summed E-state index contributed by atoms with van der Waals surface area (Å²) in [6.45, 7) is 5.82. The SMILES string of the molecule is C=CC[C@H]1CC[C@H]2CCCC[C@@H]2N1S(=O)(=O)c1ccc(C)cc1. The highest BCUT2D eigenvalue weighted by molar-refractivity contribution is 7.89. The molecular formula is C19H27NO2S. The van der Waals surface area contributed by atoms with E-state index in [2.05, 4.69) is 6.58 Å². The fraction of sp³-hybridized carbons (Fsp3) is 0.579. The van der Waals surface area contributed by atoms with Gasteiger partial charge in [-0.15, -0.1) is 6.58 Å². The minimum absolute atomic E-state index is 0.0677. The standard InChI is InChI=1S/C19H27NO2S/c1-3-6-17-12-11-16-7-4-5-8-19(16)20(17)23(21,22)18-13-9-15(2)10-14-18/h3,9-10,13-14,16-17,19H,1,4-8,11-12H2,2H3/t16-,17+,19+/m1/s1. The highest BCUT2D eigenvalue weighted by Gasteiger charge is 2.44. The Morgan fingerprint density at radius 2 is 1.83 bits per heavy atom. The molecule has 2 aliphatic rings. The third-order valence-corrected chi connectivity index (χ3v) is 7.45. The molecule has 0 radical (unpaired) electrons. The monoisotopic (exact) mass is 333 g/mol. The van der Waals surface area contributed by atoms with Crippen molar-refractivity contribution in [3.63, 3.8) is 0 Å². The van der Waals surface area contributed by atoms with Gasteiger partial charge in [-0.25, -0.2) is 8.42 Å². The van der Waals surface area contributed by atoms with E-state index in [9.17, 15) is 8.42 Å². The minimum atomic E-state index is -3.43. The largest absolute Gasteiger partial charge is 0.243 e. The molecule has 0 spiro atoms. The van der Waals surface area contributed by atoms with Crippen LogP contribution in [-0.2, 0) is 10.0 Å². The summed E-state index contributed by atoms with van der Waals surface area (Å²) in [5.41, 5.74) is 1.08. The lowest BCUT2D eigenvalue weighted by Crippen LogP contribution is -2.54. The lowest BCUT2D eigenvalue weighted by molar-refractivity contribution is 0.0855. The van der Waals surface area contributed by atoms with E-state index in [4.69, 9.17) is 0 Å². The fourth-order valence-electron chi connectivity index (χ4n) is 4.28. The molecule has 1 aromatic carbocycles. The van der Waals surface area contributed by atoms with Gasteiger partial charge >= 0.3 is 0 Å². The van der Waals surface area contributed by atoms with E-state index >= 15 is 0 Å². The van der Waals surface area contributed by atoms with Crippen LogP contribution in [0.5, 0.6) is 0 Å². The number of rotatable bonds is 4. The van der Waals surface area contributed by atoms with Gasteiger partial charge in [-0.1, -0.05) is 36.6 Å². The highest BCUT2D eigenvalue weighted by Crippen LogP contribution is 2.41. The first-order chi connectivity index (χ1) is 11.0. The second-order valence-corrected chi connectivity index (χ2v) is 8.86. The van der Waals surface area contributed by atoms with Gasteiger partial charge in [0.25, 0.3) is 0 Å². The van der Waals surface area contributed by atoms with Crippen molar-refractivity contribution in [1.82, 2.24) is 4.31 Å². The molecule has 3 nitrogen and oxygen atoms in total. The highest BCUT2D eigenvalue weighted by atomic mass is 32.2. The number of aryl methyl sites for hydroxylation is 1. The van der Waals surface area contributed by atoms with E-state index in [1.54, 1.807) is 12.1 Å². The normalized spacial score (nSPS) is 29.0. The third kappa shape index (κ3) is 3.24. The molecule has 4 heteroatoms. The summed E-state index contributed by atoms with van der Waals surface area (Å²) in [5.74, 6) is 0.532. The van der Waals surface area contributed by atoms with Crippen LogP contribution in [-0.4, -0.2) is 24.8 Å². The molecular weight excluding hydrogens is 306 g/mol. The molecule has 1 saturated carbocycles. The van der Waals surface area contributed by atoms with Gasteiger partial charge in [0.1, 0.15) is 0 Å². The van der Waals surface area contributed by atoms with Gasteiger partial charge in [-0.05, 0) is 57.1 Å². The van der Waals surface area contributed by atoms with Crippen molar-refractivity contribution in [1.29, 1.82) is 0 Å². The second kappa shape index (κ2) is 6.78. The molecule has 0 amide bonds. The summed E-state index contributed by atoms with van der Waals surface area (Å²) in [5, 5.41) is 0. The number of piperidine rings is 1. The number of fused-ring (bicyclic) bond motifs is 1. The van der Waals surface area contributed by atoms with Crippen LogP contribution in [0.1, 0.15) is 50.5 Å². The van der Waals surface area contributed by atoms with E-state index in [-0.39, 0.29) is 12.1 Å². The molecule has 1 aliphatic carbocycles. The van der Waals surface area contributed by atoms with Crippen LogP contribution in [0, 0.1) is 12.8 Å². The summed E-state index contributed by atoms with van der Waals surface area (Å²) in [4.78, 5) is 0.434. The van der Waals surface area contributed by atoms with Crippen molar-refractivity contribution in [3.8, 4) is 0 Å². The average molecular weight is 333 g/mol. The molecule has 1 heterocycles. The predicted molar refractivity (Wildman–Crippen MR) is 93.8 cm³/mol. The van der Waals surface area contributed by atoms with Crippen molar-refractivity contribution in [2.24, 2.45) is 5.92 Å². The maximum absolute atomic E-state index is 13.3. The zero-order valence-corrected chi connectivity index (χ0v) is 14.8. The Kier molecular flexibility index (Phi) is 4.93. The first-order valence-corrected chi connectivity index (χ1v) is 10.2. The van der Waals surface area contributed by atoms with Crippen LogP contribution in [0.4, 0.5) is 0 Å². The van der Waals surface area contributed by atoms with E-state index < -0.39 is 10.0 Å². The topological polar surface area (TPSA) is 37.4 Å². The molecule has 1 aromatic rings. The maximum atomic E-state index is 13.3. The lowest BCUT2D eigenvalue weighted by atomic mass is 9.77. The van der Waals surface area contributed by atoms with E-state index in [0.717, 1.165) is 37.7 Å². The molecule has 1 aliphatic heterocycles. The van der Waals surface area contributed by atoms with Crippen LogP contribution in [0.2, 0.25) is 0 Å². The average Bonchev–Trinajstić information content (AvgIpc) is 2.55. The van der Waals surface area contributed by atoms with Crippen LogP contribution in [0.3, 0.4) is 0 Å². The van der Waals surface area contributed by atoms with Gasteiger partial charge in [0.05, 0.1) is 4.90 Å². The van der Waals surface area contributed by atoms with Crippen molar-refractivity contribution in [2.45, 2.75) is 68.8 Å². The molecule has 126 valence electrons. The number of sulfonamides is 1. The lowest BCUT2D eigenvalue weighted by Gasteiger charge is -2.47. The summed E-state index contributed by atoms with van der Waals surface area (Å²) >= 11 is 0. The molecule has 3 rings (SSSR count). The Bertz CT molecular complexity index is 650. The van der Waals surface area contributed by atoms with E-state index in [1.807, 2.05) is 29.4 Å². The number of hydrogen-bond acceptors (Lipinski definition) is 2. The van der Waals surface area contributed by atoms with Crippen LogP contribution in [0.15, 0.2) is 41.8 Å². The molecule has 23 heavy (non-hydrogen) atoms. The summed E-state index contributed by atoms with van der Waals surface area (Å²) in [7, 11) is -3.43. The molecule has 2 fully saturated rings. The van der Waals surface area contributed by atoms with Gasteiger partial charge < -0.3 is 0 Å². The fourth-order valence-corrected chi connectivity index (χ4v) is 6.23. The van der Waals surface area contributed by atoms with Crippen molar-refractivity contribution < 1.29 is 8.42 Å². The molecule has 0 aromatic heterocycles. The van der Waals surface area contributed by atoms with Gasteiger partial charge in [-0.3, -0.25) is 0 Å². The summed E-state index contributed by atoms with van der Waals surface area (Å²) in [6, 6.07) is 7.52. The summed E-state index contributed by atoms with van der Waals surface area (Å²) in [6.07, 6.45) is 9.28. The number of benzene rings is 1. The van der Waals surface area contributed by atoms with Crippen LogP contribution >= 0.6 is 0 Å².